The van der Waals surface area contributed by atoms with Crippen molar-refractivity contribution in [3.05, 3.63) is 65.2 Å². The lowest BCUT2D eigenvalue weighted by molar-refractivity contribution is 0.0525. The molecule has 1 unspecified atom stereocenters. The maximum atomic E-state index is 13.3. The lowest BCUT2D eigenvalue weighted by Crippen LogP contribution is -2.38. The third-order valence-corrected chi connectivity index (χ3v) is 3.47. The fraction of sp³-hybridized carbons (Fsp3) is 0.235. The summed E-state index contributed by atoms with van der Waals surface area (Å²) < 4.78 is 31.3. The Morgan fingerprint density at radius 1 is 1.17 bits per heavy atom. The first-order valence-corrected chi connectivity index (χ1v) is 6.93. The van der Waals surface area contributed by atoms with Gasteiger partial charge in [-0.1, -0.05) is 12.1 Å². The zero-order chi connectivity index (χ0) is 17.0. The van der Waals surface area contributed by atoms with Gasteiger partial charge in [0.15, 0.2) is 0 Å². The molecule has 2 aromatic rings. The van der Waals surface area contributed by atoms with Crippen molar-refractivity contribution in [2.45, 2.75) is 12.5 Å². The predicted molar refractivity (Wildman–Crippen MR) is 81.3 cm³/mol. The molecule has 2 rings (SSSR count). The number of amides is 1. The Balaban J connectivity index is 2.12. The highest BCUT2D eigenvalue weighted by Gasteiger charge is 2.25. The van der Waals surface area contributed by atoms with Gasteiger partial charge in [-0.2, -0.15) is 0 Å². The van der Waals surface area contributed by atoms with Crippen LogP contribution in [0, 0.1) is 11.6 Å². The number of rotatable bonds is 5. The molecule has 0 saturated carbocycles. The molecule has 0 radical (unpaired) electrons. The van der Waals surface area contributed by atoms with Gasteiger partial charge < -0.3 is 15.2 Å². The first-order valence-electron chi connectivity index (χ1n) is 6.93. The molecule has 6 heteroatoms. The summed E-state index contributed by atoms with van der Waals surface area (Å²) in [5, 5.41) is 12.9. The molecular formula is C17H17F2NO3. The van der Waals surface area contributed by atoms with Gasteiger partial charge in [-0.3, -0.25) is 4.79 Å². The number of halogens is 2. The first kappa shape index (κ1) is 16.9. The number of nitrogens with one attached hydrogen (secondary N) is 1. The third-order valence-electron chi connectivity index (χ3n) is 3.47. The van der Waals surface area contributed by atoms with E-state index in [1.807, 2.05) is 0 Å². The highest BCUT2D eigenvalue weighted by Crippen LogP contribution is 2.22. The van der Waals surface area contributed by atoms with Gasteiger partial charge in [-0.25, -0.2) is 8.78 Å². The number of carbonyl (C=O) groups excluding carboxylic acids is 1. The number of benzene rings is 2. The molecule has 0 aliphatic heterocycles. The fourth-order valence-corrected chi connectivity index (χ4v) is 2.12. The van der Waals surface area contributed by atoms with Crippen molar-refractivity contribution in [2.24, 2.45) is 0 Å². The predicted octanol–water partition coefficient (Wildman–Crippen LogP) is 2.61. The molecule has 0 spiro atoms. The monoisotopic (exact) mass is 321 g/mol. The summed E-state index contributed by atoms with van der Waals surface area (Å²) in [6, 6.07) is 8.91. The SMILES string of the molecule is COc1ccc(F)cc1C(=O)NCC(C)(O)c1ccc(F)cc1. The molecule has 0 saturated heterocycles. The topological polar surface area (TPSA) is 58.6 Å². The molecule has 2 N–H and O–H groups in total. The van der Waals surface area contributed by atoms with Crippen molar-refractivity contribution in [1.82, 2.24) is 5.32 Å². The summed E-state index contributed by atoms with van der Waals surface area (Å²) >= 11 is 0. The first-order chi connectivity index (χ1) is 10.8. The summed E-state index contributed by atoms with van der Waals surface area (Å²) in [5.74, 6) is -1.34. The Labute approximate surface area is 132 Å². The number of aliphatic hydroxyl groups is 1. The lowest BCUT2D eigenvalue weighted by Gasteiger charge is -2.24. The van der Waals surface area contributed by atoms with Crippen LogP contribution in [-0.2, 0) is 5.60 Å². The number of methoxy groups -OCH3 is 1. The minimum absolute atomic E-state index is 0.0300. The van der Waals surface area contributed by atoms with Crippen molar-refractivity contribution in [3.63, 3.8) is 0 Å². The molecular weight excluding hydrogens is 304 g/mol. The van der Waals surface area contributed by atoms with Crippen LogP contribution in [0.25, 0.3) is 0 Å². The maximum absolute atomic E-state index is 13.3. The van der Waals surface area contributed by atoms with Gasteiger partial charge in [0.25, 0.3) is 5.91 Å². The summed E-state index contributed by atoms with van der Waals surface area (Å²) in [6.45, 7) is 1.36. The summed E-state index contributed by atoms with van der Waals surface area (Å²) in [6.07, 6.45) is 0. The molecule has 0 aliphatic rings. The smallest absolute Gasteiger partial charge is 0.255 e. The van der Waals surface area contributed by atoms with E-state index in [1.54, 1.807) is 0 Å². The van der Waals surface area contributed by atoms with Gasteiger partial charge in [0.1, 0.15) is 23.0 Å². The normalized spacial score (nSPS) is 13.3. The second-order valence-corrected chi connectivity index (χ2v) is 5.31. The highest BCUT2D eigenvalue weighted by atomic mass is 19.1. The van der Waals surface area contributed by atoms with E-state index in [2.05, 4.69) is 5.32 Å². The van der Waals surface area contributed by atoms with E-state index in [1.165, 1.54) is 50.4 Å². The molecule has 122 valence electrons. The van der Waals surface area contributed by atoms with Crippen molar-refractivity contribution < 1.29 is 23.4 Å². The van der Waals surface area contributed by atoms with Crippen molar-refractivity contribution in [3.8, 4) is 5.75 Å². The Morgan fingerprint density at radius 2 is 1.78 bits per heavy atom. The van der Waals surface area contributed by atoms with E-state index in [0.29, 0.717) is 5.56 Å². The maximum Gasteiger partial charge on any atom is 0.255 e. The van der Waals surface area contributed by atoms with Crippen LogP contribution in [0.1, 0.15) is 22.8 Å². The average Bonchev–Trinajstić information content (AvgIpc) is 2.53. The average molecular weight is 321 g/mol. The van der Waals surface area contributed by atoms with E-state index in [4.69, 9.17) is 4.74 Å². The Morgan fingerprint density at radius 3 is 2.39 bits per heavy atom. The van der Waals surface area contributed by atoms with Crippen LogP contribution in [-0.4, -0.2) is 24.7 Å². The number of hydrogen-bond donors (Lipinski definition) is 2. The van der Waals surface area contributed by atoms with Crippen LogP contribution in [0.4, 0.5) is 8.78 Å². The van der Waals surface area contributed by atoms with Crippen LogP contribution in [0.2, 0.25) is 0 Å². The Hall–Kier alpha value is -2.47. The fourth-order valence-electron chi connectivity index (χ4n) is 2.12. The molecule has 0 aromatic heterocycles. The minimum Gasteiger partial charge on any atom is -0.496 e. The highest BCUT2D eigenvalue weighted by molar-refractivity contribution is 5.97. The molecule has 23 heavy (non-hydrogen) atoms. The van der Waals surface area contributed by atoms with Crippen LogP contribution >= 0.6 is 0 Å². The van der Waals surface area contributed by atoms with Crippen molar-refractivity contribution >= 4 is 5.91 Å². The van der Waals surface area contributed by atoms with Crippen LogP contribution in [0.15, 0.2) is 42.5 Å². The summed E-state index contributed by atoms with van der Waals surface area (Å²) in [7, 11) is 1.37. The number of ether oxygens (including phenoxy) is 1. The lowest BCUT2D eigenvalue weighted by atomic mass is 9.96. The zero-order valence-corrected chi connectivity index (χ0v) is 12.8. The van der Waals surface area contributed by atoms with Gasteiger partial charge >= 0.3 is 0 Å². The van der Waals surface area contributed by atoms with Gasteiger partial charge in [-0.15, -0.1) is 0 Å². The van der Waals surface area contributed by atoms with Gasteiger partial charge in [0.2, 0.25) is 0 Å². The minimum atomic E-state index is -1.40. The standard InChI is InChI=1S/C17H17F2NO3/c1-17(22,11-3-5-12(18)6-4-11)10-20-16(21)14-9-13(19)7-8-15(14)23-2/h3-9,22H,10H2,1-2H3,(H,20,21). The van der Waals surface area contributed by atoms with Crippen molar-refractivity contribution in [2.75, 3.05) is 13.7 Å². The van der Waals surface area contributed by atoms with Crippen LogP contribution in [0.5, 0.6) is 5.75 Å². The summed E-state index contributed by atoms with van der Waals surface area (Å²) in [5.41, 5.74) is -0.919. The van der Waals surface area contributed by atoms with E-state index >= 15 is 0 Å². The zero-order valence-electron chi connectivity index (χ0n) is 12.8. The molecule has 0 aliphatic carbocycles. The van der Waals surface area contributed by atoms with Crippen molar-refractivity contribution in [1.29, 1.82) is 0 Å². The number of hydrogen-bond acceptors (Lipinski definition) is 3. The molecule has 2 aromatic carbocycles. The van der Waals surface area contributed by atoms with Gasteiger partial charge in [0.05, 0.1) is 19.2 Å². The number of carbonyl (C=O) groups is 1. The summed E-state index contributed by atoms with van der Waals surface area (Å²) in [4.78, 5) is 12.2. The quantitative estimate of drug-likeness (QED) is 0.890. The molecule has 0 bridgehead atoms. The Kier molecular flexibility index (Phi) is 4.95. The second-order valence-electron chi connectivity index (χ2n) is 5.31. The van der Waals surface area contributed by atoms with Crippen LogP contribution < -0.4 is 10.1 Å². The second kappa shape index (κ2) is 6.75. The largest absolute Gasteiger partial charge is 0.496 e. The van der Waals surface area contributed by atoms with Crippen LogP contribution in [0.3, 0.4) is 0 Å². The van der Waals surface area contributed by atoms with Gasteiger partial charge in [0, 0.05) is 0 Å². The molecule has 1 atom stereocenters. The van der Waals surface area contributed by atoms with E-state index in [9.17, 15) is 18.7 Å². The van der Waals surface area contributed by atoms with Gasteiger partial charge in [-0.05, 0) is 42.8 Å². The Bertz CT molecular complexity index is 699. The molecule has 0 heterocycles. The van der Waals surface area contributed by atoms with E-state index in [-0.39, 0.29) is 17.9 Å². The molecule has 4 nitrogen and oxygen atoms in total. The molecule has 1 amide bonds. The van der Waals surface area contributed by atoms with E-state index in [0.717, 1.165) is 6.07 Å². The van der Waals surface area contributed by atoms with E-state index < -0.39 is 23.1 Å². The molecule has 0 fully saturated rings. The third kappa shape index (κ3) is 4.04.